The molecule has 0 spiro atoms. The van der Waals surface area contributed by atoms with E-state index < -0.39 is 0 Å². The number of nitrogens with zero attached hydrogens (tertiary/aromatic N) is 2. The summed E-state index contributed by atoms with van der Waals surface area (Å²) in [6, 6.07) is 0. The van der Waals surface area contributed by atoms with Gasteiger partial charge in [-0.05, 0) is 0 Å². The number of amides is 1. The van der Waals surface area contributed by atoms with Crippen molar-refractivity contribution >= 4 is 17.5 Å². The summed E-state index contributed by atoms with van der Waals surface area (Å²) in [7, 11) is 0. The highest BCUT2D eigenvalue weighted by molar-refractivity contribution is 6.00. The molecule has 68 valence electrons. The number of carbonyl (C=O) groups is 2. The van der Waals surface area contributed by atoms with Gasteiger partial charge in [-0.2, -0.15) is 0 Å². The Morgan fingerprint density at radius 1 is 1.23 bits per heavy atom. The normalized spacial score (nSPS) is 9.38. The third kappa shape index (κ3) is 2.33. The summed E-state index contributed by atoms with van der Waals surface area (Å²) in [6.45, 7) is 2.72. The molecular weight excluding hydrogens is 170 g/mol. The van der Waals surface area contributed by atoms with E-state index in [1.807, 2.05) is 0 Å². The number of aromatic nitrogens is 2. The lowest BCUT2D eigenvalue weighted by atomic mass is 10.3. The van der Waals surface area contributed by atoms with Crippen molar-refractivity contribution in [2.24, 2.45) is 0 Å². The van der Waals surface area contributed by atoms with Crippen LogP contribution >= 0.6 is 0 Å². The van der Waals surface area contributed by atoms with Crippen molar-refractivity contribution in [3.05, 3.63) is 18.1 Å². The van der Waals surface area contributed by atoms with E-state index >= 15 is 0 Å². The van der Waals surface area contributed by atoms with Gasteiger partial charge < -0.3 is 5.32 Å². The van der Waals surface area contributed by atoms with Crippen LogP contribution in [0.1, 0.15) is 24.3 Å². The van der Waals surface area contributed by atoms with Gasteiger partial charge in [0.25, 0.3) is 0 Å². The van der Waals surface area contributed by atoms with Crippen molar-refractivity contribution in [2.75, 3.05) is 5.32 Å². The molecule has 1 aromatic heterocycles. The van der Waals surface area contributed by atoms with Crippen molar-refractivity contribution in [3.63, 3.8) is 0 Å². The zero-order valence-electron chi connectivity index (χ0n) is 7.37. The molecule has 0 saturated carbocycles. The van der Waals surface area contributed by atoms with Crippen LogP contribution in [0.5, 0.6) is 0 Å². The fraction of sp³-hybridized carbons (Fsp3) is 0.250. The molecule has 5 heteroatoms. The summed E-state index contributed by atoms with van der Waals surface area (Å²) in [5.74, 6) is -0.289. The maximum absolute atomic E-state index is 11.0. The van der Waals surface area contributed by atoms with Gasteiger partial charge in [0.15, 0.2) is 11.6 Å². The van der Waals surface area contributed by atoms with E-state index in [1.165, 1.54) is 26.2 Å². The Morgan fingerprint density at radius 3 is 2.38 bits per heavy atom. The van der Waals surface area contributed by atoms with E-state index in [2.05, 4.69) is 15.3 Å². The molecule has 0 bridgehead atoms. The maximum atomic E-state index is 11.0. The third-order valence-electron chi connectivity index (χ3n) is 1.33. The van der Waals surface area contributed by atoms with E-state index in [4.69, 9.17) is 0 Å². The van der Waals surface area contributed by atoms with Crippen LogP contribution in [0.2, 0.25) is 0 Å². The smallest absolute Gasteiger partial charge is 0.222 e. The van der Waals surface area contributed by atoms with E-state index in [-0.39, 0.29) is 23.2 Å². The molecule has 0 aliphatic rings. The first-order chi connectivity index (χ1) is 6.11. The first-order valence-electron chi connectivity index (χ1n) is 3.71. The zero-order valence-corrected chi connectivity index (χ0v) is 7.37. The minimum absolute atomic E-state index is 0.178. The molecule has 1 rings (SSSR count). The summed E-state index contributed by atoms with van der Waals surface area (Å²) >= 11 is 0. The molecule has 1 amide bonds. The molecule has 1 aromatic rings. The number of ketones is 1. The molecule has 0 unspecified atom stereocenters. The molecule has 0 aliphatic carbocycles. The SMILES string of the molecule is CC(=O)Nc1nccnc1C(C)=O. The van der Waals surface area contributed by atoms with Crippen LogP contribution in [0, 0.1) is 0 Å². The number of anilines is 1. The molecule has 0 aliphatic heterocycles. The van der Waals surface area contributed by atoms with Gasteiger partial charge in [-0.1, -0.05) is 0 Å². The zero-order chi connectivity index (χ0) is 9.84. The quantitative estimate of drug-likeness (QED) is 0.676. The average Bonchev–Trinajstić information content (AvgIpc) is 2.03. The lowest BCUT2D eigenvalue weighted by molar-refractivity contribution is -0.114. The van der Waals surface area contributed by atoms with Crippen LogP contribution < -0.4 is 5.32 Å². The molecule has 0 atom stereocenters. The largest absolute Gasteiger partial charge is 0.309 e. The van der Waals surface area contributed by atoms with E-state index in [0.717, 1.165) is 0 Å². The summed E-state index contributed by atoms with van der Waals surface area (Å²) in [6.07, 6.45) is 2.82. The fourth-order valence-electron chi connectivity index (χ4n) is 0.854. The molecule has 5 nitrogen and oxygen atoms in total. The van der Waals surface area contributed by atoms with Crippen molar-refractivity contribution in [1.82, 2.24) is 9.97 Å². The van der Waals surface area contributed by atoms with Crippen LogP contribution in [0.15, 0.2) is 12.4 Å². The second kappa shape index (κ2) is 3.75. The minimum Gasteiger partial charge on any atom is -0.309 e. The number of Topliss-reactive ketones (excluding diaryl/α,β-unsaturated/α-hetero) is 1. The Hall–Kier alpha value is -1.78. The Bertz CT molecular complexity index is 349. The minimum atomic E-state index is -0.275. The van der Waals surface area contributed by atoms with E-state index in [9.17, 15) is 9.59 Å². The van der Waals surface area contributed by atoms with Gasteiger partial charge in [-0.15, -0.1) is 0 Å². The van der Waals surface area contributed by atoms with Gasteiger partial charge in [0.2, 0.25) is 5.91 Å². The maximum Gasteiger partial charge on any atom is 0.222 e. The predicted molar refractivity (Wildman–Crippen MR) is 46.3 cm³/mol. The standard InChI is InChI=1S/C8H9N3O2/c1-5(12)7-8(11-6(2)13)10-4-3-9-7/h3-4H,1-2H3,(H,10,11,13). The van der Waals surface area contributed by atoms with Gasteiger partial charge in [-0.3, -0.25) is 9.59 Å². The second-order valence-electron chi connectivity index (χ2n) is 2.49. The molecule has 1 heterocycles. The first kappa shape index (κ1) is 9.31. The molecular formula is C8H9N3O2. The van der Waals surface area contributed by atoms with Gasteiger partial charge in [0.1, 0.15) is 5.69 Å². The fourth-order valence-corrected chi connectivity index (χ4v) is 0.854. The van der Waals surface area contributed by atoms with E-state index in [1.54, 1.807) is 0 Å². The average molecular weight is 179 g/mol. The van der Waals surface area contributed by atoms with Gasteiger partial charge in [-0.25, -0.2) is 9.97 Å². The molecule has 0 radical (unpaired) electrons. The van der Waals surface area contributed by atoms with Gasteiger partial charge >= 0.3 is 0 Å². The first-order valence-corrected chi connectivity index (χ1v) is 3.71. The van der Waals surface area contributed by atoms with Crippen LogP contribution in [-0.2, 0) is 4.79 Å². The number of hydrogen-bond acceptors (Lipinski definition) is 4. The highest BCUT2D eigenvalue weighted by Gasteiger charge is 2.09. The van der Waals surface area contributed by atoms with Crippen LogP contribution in [0.3, 0.4) is 0 Å². The number of hydrogen-bond donors (Lipinski definition) is 1. The monoisotopic (exact) mass is 179 g/mol. The van der Waals surface area contributed by atoms with Crippen LogP contribution in [-0.4, -0.2) is 21.7 Å². The molecule has 1 N–H and O–H groups in total. The number of carbonyl (C=O) groups excluding carboxylic acids is 2. The Balaban J connectivity index is 3.04. The Kier molecular flexibility index (Phi) is 2.69. The summed E-state index contributed by atoms with van der Waals surface area (Å²) < 4.78 is 0. The van der Waals surface area contributed by atoms with Crippen molar-refractivity contribution in [3.8, 4) is 0 Å². The summed E-state index contributed by atoms with van der Waals surface area (Å²) in [5.41, 5.74) is 0.178. The molecule has 13 heavy (non-hydrogen) atoms. The summed E-state index contributed by atoms with van der Waals surface area (Å²) in [5, 5.41) is 2.42. The van der Waals surface area contributed by atoms with Crippen molar-refractivity contribution in [1.29, 1.82) is 0 Å². The third-order valence-corrected chi connectivity index (χ3v) is 1.33. The Morgan fingerprint density at radius 2 is 1.85 bits per heavy atom. The van der Waals surface area contributed by atoms with E-state index in [0.29, 0.717) is 0 Å². The molecule has 0 aromatic carbocycles. The topological polar surface area (TPSA) is 72.0 Å². The Labute approximate surface area is 75.2 Å². The summed E-state index contributed by atoms with van der Waals surface area (Å²) in [4.78, 5) is 29.3. The second-order valence-corrected chi connectivity index (χ2v) is 2.49. The molecule has 0 saturated heterocycles. The number of rotatable bonds is 2. The highest BCUT2D eigenvalue weighted by Crippen LogP contribution is 2.07. The van der Waals surface area contributed by atoms with Crippen molar-refractivity contribution < 1.29 is 9.59 Å². The lowest BCUT2D eigenvalue weighted by Crippen LogP contribution is -2.12. The van der Waals surface area contributed by atoms with Gasteiger partial charge in [0.05, 0.1) is 0 Å². The van der Waals surface area contributed by atoms with Crippen molar-refractivity contribution in [2.45, 2.75) is 13.8 Å². The molecule has 0 fully saturated rings. The van der Waals surface area contributed by atoms with Crippen LogP contribution in [0.25, 0.3) is 0 Å². The predicted octanol–water partition coefficient (Wildman–Crippen LogP) is 0.638. The van der Waals surface area contributed by atoms with Gasteiger partial charge in [0, 0.05) is 26.2 Å². The highest BCUT2D eigenvalue weighted by atomic mass is 16.1. The number of nitrogens with one attached hydrogen (secondary N) is 1. The van der Waals surface area contributed by atoms with Crippen LogP contribution in [0.4, 0.5) is 5.82 Å². The lowest BCUT2D eigenvalue weighted by Gasteiger charge is -2.03.